The van der Waals surface area contributed by atoms with Crippen LogP contribution in [0, 0.1) is 11.7 Å². The predicted octanol–water partition coefficient (Wildman–Crippen LogP) is 3.92. The normalized spacial score (nSPS) is 22.9. The van der Waals surface area contributed by atoms with Crippen molar-refractivity contribution in [1.82, 2.24) is 9.80 Å². The highest BCUT2D eigenvalue weighted by molar-refractivity contribution is 5.77. The van der Waals surface area contributed by atoms with E-state index in [-0.39, 0.29) is 11.7 Å². The van der Waals surface area contributed by atoms with Crippen LogP contribution in [-0.4, -0.2) is 47.9 Å². The highest BCUT2D eigenvalue weighted by Gasteiger charge is 2.38. The lowest BCUT2D eigenvalue weighted by Gasteiger charge is -2.47. The first kappa shape index (κ1) is 19.1. The van der Waals surface area contributed by atoms with Gasteiger partial charge in [0, 0.05) is 38.6 Å². The van der Waals surface area contributed by atoms with Crippen molar-refractivity contribution in [1.29, 1.82) is 0 Å². The summed E-state index contributed by atoms with van der Waals surface area (Å²) in [6.45, 7) is 3.82. The minimum absolute atomic E-state index is 0.167. The number of benzene rings is 2. The molecule has 2 atom stereocenters. The molecule has 0 unspecified atom stereocenters. The van der Waals surface area contributed by atoms with E-state index in [2.05, 4.69) is 40.1 Å². The molecule has 0 radical (unpaired) electrons. The third kappa shape index (κ3) is 4.44. The Hall–Kier alpha value is -2.20. The molecule has 2 saturated heterocycles. The number of piperidine rings is 2. The largest absolute Gasteiger partial charge is 0.339 e. The van der Waals surface area contributed by atoms with E-state index in [0.29, 0.717) is 36.9 Å². The number of carbonyl (C=O) groups is 1. The summed E-state index contributed by atoms with van der Waals surface area (Å²) in [5.74, 6) is 0.623. The minimum atomic E-state index is -0.167. The van der Waals surface area contributed by atoms with E-state index in [1.807, 2.05) is 12.1 Å². The Morgan fingerprint density at radius 2 is 1.71 bits per heavy atom. The second kappa shape index (κ2) is 8.87. The van der Waals surface area contributed by atoms with Gasteiger partial charge in [0.25, 0.3) is 0 Å². The van der Waals surface area contributed by atoms with Gasteiger partial charge in [-0.25, -0.2) is 4.39 Å². The molecule has 2 fully saturated rings. The van der Waals surface area contributed by atoms with E-state index in [0.717, 1.165) is 38.9 Å². The average molecular weight is 381 g/mol. The zero-order valence-corrected chi connectivity index (χ0v) is 16.4. The van der Waals surface area contributed by atoms with Crippen LogP contribution in [0.15, 0.2) is 54.6 Å². The molecule has 2 aromatic rings. The molecule has 148 valence electrons. The Balaban J connectivity index is 1.33. The van der Waals surface area contributed by atoms with Gasteiger partial charge in [-0.15, -0.1) is 0 Å². The van der Waals surface area contributed by atoms with Crippen LogP contribution in [0.2, 0.25) is 0 Å². The van der Waals surface area contributed by atoms with E-state index in [1.165, 1.54) is 11.6 Å². The quantitative estimate of drug-likeness (QED) is 0.758. The minimum Gasteiger partial charge on any atom is -0.339 e. The third-order valence-electron chi connectivity index (χ3n) is 6.37. The molecule has 2 aliphatic heterocycles. The summed E-state index contributed by atoms with van der Waals surface area (Å²) in [5, 5.41) is 0. The van der Waals surface area contributed by atoms with Crippen molar-refractivity contribution in [2.24, 2.45) is 5.92 Å². The number of carbonyl (C=O) groups excluding carboxylic acids is 1. The molecule has 4 rings (SSSR count). The molecule has 4 heteroatoms. The predicted molar refractivity (Wildman–Crippen MR) is 110 cm³/mol. The van der Waals surface area contributed by atoms with Crippen molar-refractivity contribution < 1.29 is 9.18 Å². The van der Waals surface area contributed by atoms with Gasteiger partial charge in [-0.2, -0.15) is 0 Å². The van der Waals surface area contributed by atoms with E-state index in [4.69, 9.17) is 0 Å². The van der Waals surface area contributed by atoms with Crippen LogP contribution >= 0.6 is 0 Å². The molecular weight excluding hydrogens is 351 g/mol. The standard InChI is InChI=1S/C24H29FN2O/c25-22-9-5-4-8-20(22)13-17-27-23-14-16-26(18-21(23)10-11-24(27)28)15-12-19-6-2-1-3-7-19/h1-9,21,23H,10-18H2/t21-,23+/m1/s1. The van der Waals surface area contributed by atoms with Gasteiger partial charge >= 0.3 is 0 Å². The lowest BCUT2D eigenvalue weighted by Crippen LogP contribution is -2.56. The molecule has 0 N–H and O–H groups in total. The summed E-state index contributed by atoms with van der Waals surface area (Å²) in [5.41, 5.74) is 2.09. The van der Waals surface area contributed by atoms with E-state index in [1.54, 1.807) is 6.07 Å². The highest BCUT2D eigenvalue weighted by atomic mass is 19.1. The fraction of sp³-hybridized carbons (Fsp3) is 0.458. The summed E-state index contributed by atoms with van der Waals surface area (Å²) in [7, 11) is 0. The monoisotopic (exact) mass is 380 g/mol. The first-order valence-corrected chi connectivity index (χ1v) is 10.5. The first-order valence-electron chi connectivity index (χ1n) is 10.5. The van der Waals surface area contributed by atoms with Crippen LogP contribution in [0.5, 0.6) is 0 Å². The van der Waals surface area contributed by atoms with Crippen molar-refractivity contribution in [3.05, 3.63) is 71.5 Å². The zero-order valence-electron chi connectivity index (χ0n) is 16.4. The zero-order chi connectivity index (χ0) is 19.3. The number of rotatable bonds is 6. The Morgan fingerprint density at radius 3 is 2.54 bits per heavy atom. The molecule has 28 heavy (non-hydrogen) atoms. The molecule has 0 aliphatic carbocycles. The molecule has 1 amide bonds. The average Bonchev–Trinajstić information content (AvgIpc) is 2.73. The molecule has 3 nitrogen and oxygen atoms in total. The lowest BCUT2D eigenvalue weighted by atomic mass is 9.83. The maximum atomic E-state index is 13.9. The molecule has 0 spiro atoms. The summed E-state index contributed by atoms with van der Waals surface area (Å²) in [6.07, 6.45) is 4.32. The molecule has 2 aromatic carbocycles. The second-order valence-electron chi connectivity index (χ2n) is 8.12. The van der Waals surface area contributed by atoms with Crippen molar-refractivity contribution in [3.8, 4) is 0 Å². The van der Waals surface area contributed by atoms with Gasteiger partial charge in [0.05, 0.1) is 0 Å². The van der Waals surface area contributed by atoms with Gasteiger partial charge in [0.2, 0.25) is 5.91 Å². The van der Waals surface area contributed by atoms with Crippen LogP contribution < -0.4 is 0 Å². The van der Waals surface area contributed by atoms with Gasteiger partial charge in [-0.1, -0.05) is 48.5 Å². The van der Waals surface area contributed by atoms with Gasteiger partial charge in [-0.3, -0.25) is 4.79 Å². The van der Waals surface area contributed by atoms with Crippen LogP contribution in [0.1, 0.15) is 30.4 Å². The maximum absolute atomic E-state index is 13.9. The summed E-state index contributed by atoms with van der Waals surface area (Å²) >= 11 is 0. The van der Waals surface area contributed by atoms with Crippen molar-refractivity contribution in [2.75, 3.05) is 26.2 Å². The maximum Gasteiger partial charge on any atom is 0.222 e. The van der Waals surface area contributed by atoms with Gasteiger partial charge in [0.1, 0.15) is 5.82 Å². The van der Waals surface area contributed by atoms with Crippen molar-refractivity contribution in [3.63, 3.8) is 0 Å². The van der Waals surface area contributed by atoms with E-state index >= 15 is 0 Å². The Labute approximate surface area is 167 Å². The molecule has 2 aliphatic rings. The summed E-state index contributed by atoms with van der Waals surface area (Å²) in [4.78, 5) is 17.2. The number of halogens is 1. The second-order valence-corrected chi connectivity index (χ2v) is 8.12. The lowest BCUT2D eigenvalue weighted by molar-refractivity contribution is -0.141. The SMILES string of the molecule is O=C1CC[C@@H]2CN(CCc3ccccc3)CC[C@@H]2N1CCc1ccccc1F. The Morgan fingerprint density at radius 1 is 0.929 bits per heavy atom. The van der Waals surface area contributed by atoms with Crippen LogP contribution in [0.4, 0.5) is 4.39 Å². The fourth-order valence-electron chi connectivity index (χ4n) is 4.79. The molecule has 0 saturated carbocycles. The molecule has 0 bridgehead atoms. The summed E-state index contributed by atoms with van der Waals surface area (Å²) in [6, 6.07) is 17.9. The molecular formula is C24H29FN2O. The number of fused-ring (bicyclic) bond motifs is 1. The highest BCUT2D eigenvalue weighted by Crippen LogP contribution is 2.31. The van der Waals surface area contributed by atoms with Crippen LogP contribution in [0.3, 0.4) is 0 Å². The summed E-state index contributed by atoms with van der Waals surface area (Å²) < 4.78 is 13.9. The van der Waals surface area contributed by atoms with Gasteiger partial charge < -0.3 is 9.80 Å². The first-order chi connectivity index (χ1) is 13.7. The van der Waals surface area contributed by atoms with E-state index in [9.17, 15) is 9.18 Å². The number of hydrogen-bond acceptors (Lipinski definition) is 2. The van der Waals surface area contributed by atoms with Crippen molar-refractivity contribution in [2.45, 2.75) is 38.1 Å². The van der Waals surface area contributed by atoms with Gasteiger partial charge in [0.15, 0.2) is 0 Å². The fourth-order valence-corrected chi connectivity index (χ4v) is 4.79. The van der Waals surface area contributed by atoms with Gasteiger partial charge in [-0.05, 0) is 48.8 Å². The van der Waals surface area contributed by atoms with Crippen LogP contribution in [-0.2, 0) is 17.6 Å². The molecule has 0 aromatic heterocycles. The Kier molecular flexibility index (Phi) is 6.06. The Bertz CT molecular complexity index is 794. The van der Waals surface area contributed by atoms with Crippen LogP contribution in [0.25, 0.3) is 0 Å². The van der Waals surface area contributed by atoms with E-state index < -0.39 is 0 Å². The topological polar surface area (TPSA) is 23.6 Å². The number of nitrogens with zero attached hydrogens (tertiary/aromatic N) is 2. The van der Waals surface area contributed by atoms with Crippen molar-refractivity contribution >= 4 is 5.91 Å². The third-order valence-corrected chi connectivity index (χ3v) is 6.37. The molecule has 2 heterocycles. The number of amides is 1. The smallest absolute Gasteiger partial charge is 0.222 e. The number of hydrogen-bond donors (Lipinski definition) is 0. The number of likely N-dealkylation sites (tertiary alicyclic amines) is 2.